The number of nitrogens with one attached hydrogen (secondary N) is 1. The van der Waals surface area contributed by atoms with E-state index in [2.05, 4.69) is 15.3 Å². The van der Waals surface area contributed by atoms with Crippen molar-refractivity contribution in [3.8, 4) is 11.3 Å². The number of nitrogens with zero attached hydrogens (tertiary/aromatic N) is 3. The molecule has 4 rings (SSSR count). The summed E-state index contributed by atoms with van der Waals surface area (Å²) in [5.41, 5.74) is 2.27. The van der Waals surface area contributed by atoms with Gasteiger partial charge in [-0.2, -0.15) is 0 Å². The molecule has 2 aromatic carbocycles. The van der Waals surface area contributed by atoms with Gasteiger partial charge in [0.2, 0.25) is 5.91 Å². The van der Waals surface area contributed by atoms with Gasteiger partial charge in [-0.1, -0.05) is 35.5 Å². The minimum absolute atomic E-state index is 0.00184. The Bertz CT molecular complexity index is 1360. The second-order valence-corrected chi connectivity index (χ2v) is 10.3. The third-order valence-electron chi connectivity index (χ3n) is 4.81. The molecule has 1 N–H and O–H groups in total. The number of benzene rings is 2. The fourth-order valence-electron chi connectivity index (χ4n) is 3.20. The lowest BCUT2D eigenvalue weighted by Crippen LogP contribution is -2.31. The van der Waals surface area contributed by atoms with Crippen LogP contribution in [0.2, 0.25) is 5.02 Å². The maximum Gasteiger partial charge on any atom is 0.267 e. The van der Waals surface area contributed by atoms with Crippen LogP contribution in [0.1, 0.15) is 17.3 Å². The molecule has 0 radical (unpaired) electrons. The fourth-order valence-corrected chi connectivity index (χ4v) is 5.29. The standard InChI is InChI=1S/C21H17ClN4O4S2/c1-12(27)13-4-3-5-15(8-13)24-19(28)11-31-21-23-10-18-20(25-21)16-9-14(22)6-7-17(16)26(2)32(18,29)30/h3-10H,11H2,1-2H3,(H,24,28). The molecule has 0 aliphatic carbocycles. The van der Waals surface area contributed by atoms with Crippen molar-refractivity contribution in [1.29, 1.82) is 0 Å². The molecule has 1 aliphatic rings. The van der Waals surface area contributed by atoms with Crippen molar-refractivity contribution in [2.24, 2.45) is 0 Å². The summed E-state index contributed by atoms with van der Waals surface area (Å²) in [7, 11) is -2.34. The smallest absolute Gasteiger partial charge is 0.267 e. The highest BCUT2D eigenvalue weighted by atomic mass is 35.5. The van der Waals surface area contributed by atoms with Gasteiger partial charge in [-0.05, 0) is 37.3 Å². The lowest BCUT2D eigenvalue weighted by Gasteiger charge is -2.28. The van der Waals surface area contributed by atoms with Crippen LogP contribution in [0.25, 0.3) is 11.3 Å². The van der Waals surface area contributed by atoms with Crippen molar-refractivity contribution in [1.82, 2.24) is 9.97 Å². The van der Waals surface area contributed by atoms with Gasteiger partial charge in [0, 0.05) is 28.9 Å². The number of carbonyl (C=O) groups excluding carboxylic acids is 2. The first-order valence-electron chi connectivity index (χ1n) is 9.36. The van der Waals surface area contributed by atoms with Gasteiger partial charge in [0.1, 0.15) is 4.90 Å². The number of fused-ring (bicyclic) bond motifs is 3. The first-order valence-corrected chi connectivity index (χ1v) is 12.2. The van der Waals surface area contributed by atoms with E-state index >= 15 is 0 Å². The van der Waals surface area contributed by atoms with E-state index in [1.807, 2.05) is 0 Å². The topological polar surface area (TPSA) is 109 Å². The first-order chi connectivity index (χ1) is 15.2. The van der Waals surface area contributed by atoms with E-state index in [1.54, 1.807) is 42.5 Å². The highest BCUT2D eigenvalue weighted by Crippen LogP contribution is 2.42. The van der Waals surface area contributed by atoms with Crippen LogP contribution in [0.4, 0.5) is 11.4 Å². The lowest BCUT2D eigenvalue weighted by atomic mass is 10.1. The van der Waals surface area contributed by atoms with Crippen LogP contribution in [0.5, 0.6) is 0 Å². The van der Waals surface area contributed by atoms with Crippen molar-refractivity contribution in [3.05, 3.63) is 59.2 Å². The highest BCUT2D eigenvalue weighted by molar-refractivity contribution is 7.99. The molecule has 0 spiro atoms. The molecule has 0 saturated heterocycles. The SMILES string of the molecule is CC(=O)c1cccc(NC(=O)CSc2ncc3c(n2)-c2cc(Cl)ccc2N(C)S3(=O)=O)c1. The number of sulfonamides is 1. The normalized spacial score (nSPS) is 13.8. The minimum Gasteiger partial charge on any atom is -0.325 e. The summed E-state index contributed by atoms with van der Waals surface area (Å²) < 4.78 is 26.8. The molecule has 2 heterocycles. The molecule has 3 aromatic rings. The number of hydrogen-bond donors (Lipinski definition) is 1. The average molecular weight is 489 g/mol. The third-order valence-corrected chi connectivity index (χ3v) is 7.68. The van der Waals surface area contributed by atoms with Gasteiger partial charge in [-0.15, -0.1) is 0 Å². The fraction of sp³-hybridized carbons (Fsp3) is 0.143. The molecule has 0 atom stereocenters. The Kier molecular flexibility index (Phi) is 5.93. The number of aromatic nitrogens is 2. The van der Waals surface area contributed by atoms with Crippen LogP contribution in [-0.4, -0.2) is 42.9 Å². The Morgan fingerprint density at radius 2 is 1.97 bits per heavy atom. The molecule has 11 heteroatoms. The molecule has 0 fully saturated rings. The Morgan fingerprint density at radius 3 is 2.72 bits per heavy atom. The first kappa shape index (κ1) is 22.3. The number of thioether (sulfide) groups is 1. The monoisotopic (exact) mass is 488 g/mol. The second-order valence-electron chi connectivity index (χ2n) is 6.97. The van der Waals surface area contributed by atoms with Crippen LogP contribution in [0.15, 0.2) is 58.7 Å². The zero-order valence-corrected chi connectivity index (χ0v) is 19.4. The minimum atomic E-state index is -3.80. The number of hydrogen-bond acceptors (Lipinski definition) is 7. The summed E-state index contributed by atoms with van der Waals surface area (Å²) in [6.07, 6.45) is 1.24. The van der Waals surface area contributed by atoms with Crippen molar-refractivity contribution in [2.75, 3.05) is 22.4 Å². The van der Waals surface area contributed by atoms with Crippen molar-refractivity contribution < 1.29 is 18.0 Å². The zero-order valence-electron chi connectivity index (χ0n) is 17.0. The van der Waals surface area contributed by atoms with Crippen molar-refractivity contribution in [3.63, 3.8) is 0 Å². The Balaban J connectivity index is 1.56. The Hall–Kier alpha value is -2.95. The van der Waals surface area contributed by atoms with Crippen molar-refractivity contribution in [2.45, 2.75) is 17.0 Å². The molecule has 1 amide bonds. The van der Waals surface area contributed by atoms with E-state index in [1.165, 1.54) is 24.5 Å². The maximum absolute atomic E-state index is 12.8. The van der Waals surface area contributed by atoms with Gasteiger partial charge >= 0.3 is 0 Å². The number of rotatable bonds is 5. The zero-order chi connectivity index (χ0) is 23.0. The maximum atomic E-state index is 12.8. The van der Waals surface area contributed by atoms with Gasteiger partial charge in [-0.25, -0.2) is 18.4 Å². The van der Waals surface area contributed by atoms with Gasteiger partial charge < -0.3 is 5.32 Å². The Labute approximate surface area is 194 Å². The number of halogens is 1. The quantitative estimate of drug-likeness (QED) is 0.330. The number of Topliss-reactive ketones (excluding diaryl/α,β-unsaturated/α-hetero) is 1. The molecular weight excluding hydrogens is 472 g/mol. The molecular formula is C21H17ClN4O4S2. The number of ketones is 1. The molecule has 164 valence electrons. The van der Waals surface area contributed by atoms with E-state index in [-0.39, 0.29) is 33.2 Å². The third kappa shape index (κ3) is 4.21. The molecule has 0 bridgehead atoms. The average Bonchev–Trinajstić information content (AvgIpc) is 2.76. The van der Waals surface area contributed by atoms with Gasteiger partial charge in [0.15, 0.2) is 10.9 Å². The summed E-state index contributed by atoms with van der Waals surface area (Å²) in [5, 5.41) is 3.42. The molecule has 1 aromatic heterocycles. The van der Waals surface area contributed by atoms with Crippen molar-refractivity contribution >= 4 is 56.5 Å². The molecule has 0 unspecified atom stereocenters. The summed E-state index contributed by atoms with van der Waals surface area (Å²) in [5.74, 6) is -0.412. The molecule has 32 heavy (non-hydrogen) atoms. The van der Waals surface area contributed by atoms with E-state index in [9.17, 15) is 18.0 Å². The summed E-state index contributed by atoms with van der Waals surface area (Å²) in [6, 6.07) is 11.5. The predicted octanol–water partition coefficient (Wildman–Crippen LogP) is 3.87. The van der Waals surface area contributed by atoms with Crippen LogP contribution in [0, 0.1) is 0 Å². The Morgan fingerprint density at radius 1 is 1.19 bits per heavy atom. The number of amides is 1. The molecule has 0 saturated carbocycles. The van der Waals surface area contributed by atoms with Crippen LogP contribution >= 0.6 is 23.4 Å². The van der Waals surface area contributed by atoms with E-state index in [0.717, 1.165) is 11.8 Å². The summed E-state index contributed by atoms with van der Waals surface area (Å²) >= 11 is 7.19. The molecule has 1 aliphatic heterocycles. The molecule has 8 nitrogen and oxygen atoms in total. The van der Waals surface area contributed by atoms with E-state index in [0.29, 0.717) is 27.5 Å². The van der Waals surface area contributed by atoms with Crippen LogP contribution in [0.3, 0.4) is 0 Å². The number of anilines is 2. The van der Waals surface area contributed by atoms with Crippen LogP contribution in [-0.2, 0) is 14.8 Å². The highest BCUT2D eigenvalue weighted by Gasteiger charge is 2.34. The van der Waals surface area contributed by atoms with E-state index < -0.39 is 10.0 Å². The number of carbonyl (C=O) groups is 2. The summed E-state index contributed by atoms with van der Waals surface area (Å²) in [4.78, 5) is 32.4. The lowest BCUT2D eigenvalue weighted by molar-refractivity contribution is -0.113. The van der Waals surface area contributed by atoms with Gasteiger partial charge in [-0.3, -0.25) is 13.9 Å². The predicted molar refractivity (Wildman–Crippen MR) is 124 cm³/mol. The van der Waals surface area contributed by atoms with Crippen LogP contribution < -0.4 is 9.62 Å². The van der Waals surface area contributed by atoms with Gasteiger partial charge in [0.25, 0.3) is 10.0 Å². The largest absolute Gasteiger partial charge is 0.325 e. The van der Waals surface area contributed by atoms with E-state index in [4.69, 9.17) is 11.6 Å². The second kappa shape index (κ2) is 8.53. The van der Waals surface area contributed by atoms with Gasteiger partial charge in [0.05, 0.1) is 23.3 Å². The summed E-state index contributed by atoms with van der Waals surface area (Å²) in [6.45, 7) is 1.45.